The maximum absolute atomic E-state index is 12.5. The monoisotopic (exact) mass is 541 g/mol. The van der Waals surface area contributed by atoms with E-state index in [9.17, 15) is 19.0 Å². The van der Waals surface area contributed by atoms with Crippen LogP contribution in [0, 0.1) is 0 Å². The first-order valence-electron chi connectivity index (χ1n) is 12.6. The number of rotatable bonds is 19. The first-order chi connectivity index (χ1) is 16.9. The van der Waals surface area contributed by atoms with E-state index >= 15 is 0 Å². The molecule has 12 nitrogen and oxygen atoms in total. The minimum atomic E-state index is -4.41. The third-order valence-electron chi connectivity index (χ3n) is 5.32. The lowest BCUT2D eigenvalue weighted by atomic mass is 10.1. The number of phosphoric ester groups is 1. The molecule has 0 aromatic carbocycles. The van der Waals surface area contributed by atoms with Crippen molar-refractivity contribution in [1.29, 1.82) is 0 Å². The van der Waals surface area contributed by atoms with E-state index in [0.717, 1.165) is 12.8 Å². The Morgan fingerprint density at radius 2 is 1.56 bits per heavy atom. The standard InChI is InChI=1S/C23H45N2O10P/c1-7-9-11-19(26)34-21-18(17-32-36(28,29)31-16-14-25(4,5)6)33-23(30-15-13-24-3)22(21)35-20(27)12-10-8-2/h18,21-24H,7-17H2,1-6H3/p+1/t18?,21-,22-,23-/m1/s1. The van der Waals surface area contributed by atoms with Crippen molar-refractivity contribution in [2.45, 2.75) is 77.0 Å². The number of hydrogen-bond acceptors (Lipinski definition) is 10. The van der Waals surface area contributed by atoms with E-state index in [-0.39, 0.29) is 26.1 Å². The minimum Gasteiger partial charge on any atom is -0.455 e. The molecule has 2 unspecified atom stereocenters. The summed E-state index contributed by atoms with van der Waals surface area (Å²) >= 11 is 0. The highest BCUT2D eigenvalue weighted by atomic mass is 31.2. The largest absolute Gasteiger partial charge is 0.472 e. The van der Waals surface area contributed by atoms with Gasteiger partial charge in [0.2, 0.25) is 0 Å². The van der Waals surface area contributed by atoms with Gasteiger partial charge < -0.3 is 33.6 Å². The van der Waals surface area contributed by atoms with Crippen LogP contribution in [0.2, 0.25) is 0 Å². The maximum atomic E-state index is 12.5. The summed E-state index contributed by atoms with van der Waals surface area (Å²) in [6.45, 7) is 4.71. The van der Waals surface area contributed by atoms with Gasteiger partial charge in [0.05, 0.1) is 34.4 Å². The number of quaternary nitrogens is 1. The molecule has 0 aromatic rings. The van der Waals surface area contributed by atoms with Crippen molar-refractivity contribution in [3.63, 3.8) is 0 Å². The Morgan fingerprint density at radius 3 is 2.08 bits per heavy atom. The van der Waals surface area contributed by atoms with E-state index in [1.165, 1.54) is 0 Å². The van der Waals surface area contributed by atoms with Gasteiger partial charge in [-0.25, -0.2) is 4.57 Å². The Balaban J connectivity index is 2.99. The quantitative estimate of drug-likeness (QED) is 0.107. The van der Waals surface area contributed by atoms with Crippen LogP contribution in [-0.2, 0) is 42.1 Å². The molecule has 0 bridgehead atoms. The van der Waals surface area contributed by atoms with Gasteiger partial charge in [0.15, 0.2) is 18.5 Å². The van der Waals surface area contributed by atoms with E-state index < -0.39 is 51.0 Å². The minimum absolute atomic E-state index is 0.00561. The van der Waals surface area contributed by atoms with Crippen LogP contribution in [0.1, 0.15) is 52.4 Å². The Hall–Kier alpha value is -1.11. The van der Waals surface area contributed by atoms with Gasteiger partial charge in [-0.15, -0.1) is 0 Å². The van der Waals surface area contributed by atoms with Crippen LogP contribution in [0.3, 0.4) is 0 Å². The molecule has 1 heterocycles. The lowest BCUT2D eigenvalue weighted by molar-refractivity contribution is -0.870. The molecular formula is C23H46N2O10P+. The number of esters is 2. The van der Waals surface area contributed by atoms with E-state index in [2.05, 4.69) is 5.32 Å². The van der Waals surface area contributed by atoms with Crippen molar-refractivity contribution in [3.8, 4) is 0 Å². The van der Waals surface area contributed by atoms with Crippen LogP contribution in [0.4, 0.5) is 0 Å². The molecule has 0 spiro atoms. The molecular weight excluding hydrogens is 495 g/mol. The third kappa shape index (κ3) is 13.4. The molecule has 212 valence electrons. The summed E-state index contributed by atoms with van der Waals surface area (Å²) < 4.78 is 46.1. The molecule has 0 aliphatic carbocycles. The van der Waals surface area contributed by atoms with Gasteiger partial charge in [0, 0.05) is 19.4 Å². The number of carbonyl (C=O) groups excluding carboxylic acids is 2. The van der Waals surface area contributed by atoms with Gasteiger partial charge in [0.25, 0.3) is 0 Å². The molecule has 1 rings (SSSR count). The molecule has 2 N–H and O–H groups in total. The molecule has 1 fully saturated rings. The SMILES string of the molecule is CCCCC(=O)O[C@H]1[C@H](OCCNC)OC(COP(=O)(O)OCC[N+](C)(C)C)[C@H]1OC(=O)CCCC. The van der Waals surface area contributed by atoms with Gasteiger partial charge in [-0.3, -0.25) is 18.6 Å². The fraction of sp³-hybridized carbons (Fsp3) is 0.913. The van der Waals surface area contributed by atoms with Crippen molar-refractivity contribution in [2.24, 2.45) is 0 Å². The Labute approximate surface area is 215 Å². The Kier molecular flexibility index (Phi) is 15.2. The first kappa shape index (κ1) is 32.9. The second-order valence-corrected chi connectivity index (χ2v) is 11.2. The van der Waals surface area contributed by atoms with Gasteiger partial charge >= 0.3 is 19.8 Å². The van der Waals surface area contributed by atoms with Gasteiger partial charge in [-0.2, -0.15) is 0 Å². The zero-order chi connectivity index (χ0) is 27.2. The number of unbranched alkanes of at least 4 members (excludes halogenated alkanes) is 2. The lowest BCUT2D eigenvalue weighted by Crippen LogP contribution is -2.42. The number of carbonyl (C=O) groups is 2. The highest BCUT2D eigenvalue weighted by molar-refractivity contribution is 7.47. The van der Waals surface area contributed by atoms with Crippen molar-refractivity contribution in [2.75, 3.05) is 61.1 Å². The van der Waals surface area contributed by atoms with E-state index in [1.54, 1.807) is 7.05 Å². The van der Waals surface area contributed by atoms with Crippen LogP contribution in [0.15, 0.2) is 0 Å². The second kappa shape index (κ2) is 16.7. The van der Waals surface area contributed by atoms with Crippen LogP contribution < -0.4 is 5.32 Å². The average Bonchev–Trinajstić information content (AvgIpc) is 3.10. The van der Waals surface area contributed by atoms with Gasteiger partial charge in [-0.05, 0) is 19.9 Å². The molecule has 0 amide bonds. The molecule has 1 aliphatic rings. The summed E-state index contributed by atoms with van der Waals surface area (Å²) in [4.78, 5) is 35.0. The van der Waals surface area contributed by atoms with Crippen molar-refractivity contribution < 1.29 is 51.5 Å². The summed E-state index contributed by atoms with van der Waals surface area (Å²) in [6.07, 6.45) is -0.939. The van der Waals surface area contributed by atoms with E-state index in [4.69, 9.17) is 28.0 Å². The Morgan fingerprint density at radius 1 is 0.972 bits per heavy atom. The third-order valence-corrected chi connectivity index (χ3v) is 6.31. The molecule has 1 saturated heterocycles. The van der Waals surface area contributed by atoms with Crippen molar-refractivity contribution in [1.82, 2.24) is 5.32 Å². The van der Waals surface area contributed by atoms with Crippen LogP contribution in [0.5, 0.6) is 0 Å². The zero-order valence-corrected chi connectivity index (χ0v) is 23.5. The second-order valence-electron chi connectivity index (χ2n) is 9.74. The number of likely N-dealkylation sites (N-methyl/N-ethyl adjacent to an activating group) is 2. The van der Waals surface area contributed by atoms with E-state index in [1.807, 2.05) is 35.0 Å². The summed E-state index contributed by atoms with van der Waals surface area (Å²) in [5.41, 5.74) is 0. The van der Waals surface area contributed by atoms with Gasteiger partial charge in [-0.1, -0.05) is 26.7 Å². The highest BCUT2D eigenvalue weighted by Crippen LogP contribution is 2.44. The topological polar surface area (TPSA) is 139 Å². The zero-order valence-electron chi connectivity index (χ0n) is 22.6. The molecule has 0 radical (unpaired) electrons. The fourth-order valence-corrected chi connectivity index (χ4v) is 3.93. The van der Waals surface area contributed by atoms with E-state index in [0.29, 0.717) is 30.4 Å². The van der Waals surface area contributed by atoms with Crippen molar-refractivity contribution >= 4 is 19.8 Å². The predicted octanol–water partition coefficient (Wildman–Crippen LogP) is 1.99. The van der Waals surface area contributed by atoms with Gasteiger partial charge in [0.1, 0.15) is 19.3 Å². The number of phosphoric acid groups is 1. The number of nitrogens with one attached hydrogen (secondary N) is 1. The number of nitrogens with zero attached hydrogens (tertiary/aromatic N) is 1. The average molecular weight is 542 g/mol. The molecule has 1 aliphatic heterocycles. The predicted molar refractivity (Wildman–Crippen MR) is 132 cm³/mol. The van der Waals surface area contributed by atoms with Crippen LogP contribution >= 0.6 is 7.82 Å². The summed E-state index contributed by atoms with van der Waals surface area (Å²) in [5, 5.41) is 2.94. The summed E-state index contributed by atoms with van der Waals surface area (Å²) in [6, 6.07) is 0. The molecule has 13 heteroatoms. The first-order valence-corrected chi connectivity index (χ1v) is 14.1. The van der Waals surface area contributed by atoms with Crippen molar-refractivity contribution in [3.05, 3.63) is 0 Å². The fourth-order valence-electron chi connectivity index (χ4n) is 3.20. The summed E-state index contributed by atoms with van der Waals surface area (Å²) in [7, 11) is 3.12. The molecule has 0 aromatic heterocycles. The molecule has 5 atom stereocenters. The maximum Gasteiger partial charge on any atom is 0.472 e. The lowest BCUT2D eigenvalue weighted by Gasteiger charge is -2.25. The molecule has 0 saturated carbocycles. The molecule has 36 heavy (non-hydrogen) atoms. The summed E-state index contributed by atoms with van der Waals surface area (Å²) in [5.74, 6) is -0.965. The van der Waals surface area contributed by atoms with Crippen LogP contribution in [-0.4, -0.2) is 107 Å². The number of ether oxygens (including phenoxy) is 4. The highest BCUT2D eigenvalue weighted by Gasteiger charge is 2.51. The normalized spacial score (nSPS) is 23.9. The Bertz CT molecular complexity index is 703. The van der Waals surface area contributed by atoms with Crippen LogP contribution in [0.25, 0.3) is 0 Å². The smallest absolute Gasteiger partial charge is 0.455 e. The number of hydrogen-bond donors (Lipinski definition) is 2.